The molecule has 0 unspecified atom stereocenters. The summed E-state index contributed by atoms with van der Waals surface area (Å²) in [4.78, 5) is 13.1. The van der Waals surface area contributed by atoms with E-state index in [4.69, 9.17) is 9.47 Å². The predicted octanol–water partition coefficient (Wildman–Crippen LogP) is 4.07. The van der Waals surface area contributed by atoms with E-state index in [1.807, 2.05) is 36.4 Å². The average molecular weight is 340 g/mol. The van der Waals surface area contributed by atoms with E-state index in [2.05, 4.69) is 25.2 Å². The molecule has 1 heterocycles. The van der Waals surface area contributed by atoms with Crippen molar-refractivity contribution in [2.24, 2.45) is 0 Å². The fourth-order valence-electron chi connectivity index (χ4n) is 2.82. The van der Waals surface area contributed by atoms with Crippen LogP contribution < -0.4 is 14.8 Å². The van der Waals surface area contributed by atoms with Gasteiger partial charge in [-0.25, -0.2) is 4.79 Å². The van der Waals surface area contributed by atoms with E-state index in [0.717, 1.165) is 29.2 Å². The van der Waals surface area contributed by atoms with Gasteiger partial charge in [0.1, 0.15) is 23.7 Å². The first-order valence-corrected chi connectivity index (χ1v) is 8.35. The third-order valence-electron chi connectivity index (χ3n) is 4.08. The van der Waals surface area contributed by atoms with Crippen LogP contribution in [-0.4, -0.2) is 30.6 Å². The highest BCUT2D eigenvalue weighted by atomic mass is 16.5. The summed E-state index contributed by atoms with van der Waals surface area (Å²) < 4.78 is 12.0. The van der Waals surface area contributed by atoms with Gasteiger partial charge in [-0.1, -0.05) is 18.2 Å². The third-order valence-corrected chi connectivity index (χ3v) is 4.08. The molecule has 2 aromatic rings. The van der Waals surface area contributed by atoms with Crippen LogP contribution in [0.5, 0.6) is 11.5 Å². The lowest BCUT2D eigenvalue weighted by molar-refractivity contribution is 0.135. The van der Waals surface area contributed by atoms with Gasteiger partial charge in [-0.15, -0.1) is 0 Å². The number of nitrogens with one attached hydrogen (secondary N) is 1. The Morgan fingerprint density at radius 2 is 1.92 bits per heavy atom. The standard InChI is InChI=1S/C20H24N2O3/c1-20(2)12-14-6-5-7-15(18(14)25-20)13-24-17-10-8-16(9-11-17)21-19(23)22(3)4/h5-11H,12-13H2,1-4H3,(H,21,23). The number of rotatable bonds is 4. The number of carbonyl (C=O) groups is 1. The lowest BCUT2D eigenvalue weighted by Crippen LogP contribution is -2.27. The lowest BCUT2D eigenvalue weighted by Gasteiger charge is -2.18. The van der Waals surface area contributed by atoms with Crippen molar-refractivity contribution in [3.05, 3.63) is 53.6 Å². The van der Waals surface area contributed by atoms with E-state index in [1.54, 1.807) is 14.1 Å². The predicted molar refractivity (Wildman–Crippen MR) is 98.3 cm³/mol. The second-order valence-corrected chi connectivity index (χ2v) is 7.08. The van der Waals surface area contributed by atoms with Crippen LogP contribution in [0.15, 0.2) is 42.5 Å². The fraction of sp³-hybridized carbons (Fsp3) is 0.350. The van der Waals surface area contributed by atoms with Gasteiger partial charge in [-0.05, 0) is 43.7 Å². The molecule has 0 saturated heterocycles. The Bertz CT molecular complexity index is 767. The maximum Gasteiger partial charge on any atom is 0.321 e. The Kier molecular flexibility index (Phi) is 4.57. The van der Waals surface area contributed by atoms with Crippen molar-refractivity contribution in [2.45, 2.75) is 32.5 Å². The molecule has 3 rings (SSSR count). The number of carbonyl (C=O) groups excluding carboxylic acids is 1. The number of urea groups is 1. The van der Waals surface area contributed by atoms with Gasteiger partial charge in [-0.3, -0.25) is 0 Å². The molecule has 1 aliphatic rings. The van der Waals surface area contributed by atoms with Gasteiger partial charge in [0, 0.05) is 31.8 Å². The zero-order valence-corrected chi connectivity index (χ0v) is 15.1. The van der Waals surface area contributed by atoms with Gasteiger partial charge < -0.3 is 19.7 Å². The summed E-state index contributed by atoms with van der Waals surface area (Å²) in [6.07, 6.45) is 0.913. The second-order valence-electron chi connectivity index (χ2n) is 7.08. The largest absolute Gasteiger partial charge is 0.489 e. The van der Waals surface area contributed by atoms with E-state index < -0.39 is 0 Å². The molecule has 1 aliphatic heterocycles. The monoisotopic (exact) mass is 340 g/mol. The molecule has 132 valence electrons. The number of fused-ring (bicyclic) bond motifs is 1. The first kappa shape index (κ1) is 17.1. The molecule has 0 fully saturated rings. The molecular formula is C20H24N2O3. The minimum absolute atomic E-state index is 0.159. The molecule has 0 radical (unpaired) electrons. The van der Waals surface area contributed by atoms with Crippen molar-refractivity contribution in [1.82, 2.24) is 4.90 Å². The Morgan fingerprint density at radius 3 is 2.60 bits per heavy atom. The summed E-state index contributed by atoms with van der Waals surface area (Å²) in [6.45, 7) is 4.64. The molecule has 0 aliphatic carbocycles. The Labute approximate surface area is 148 Å². The van der Waals surface area contributed by atoms with Crippen molar-refractivity contribution >= 4 is 11.7 Å². The molecular weight excluding hydrogens is 316 g/mol. The molecule has 25 heavy (non-hydrogen) atoms. The minimum atomic E-state index is -0.162. The lowest BCUT2D eigenvalue weighted by atomic mass is 10.0. The van der Waals surface area contributed by atoms with Crippen molar-refractivity contribution in [3.8, 4) is 11.5 Å². The van der Waals surface area contributed by atoms with Crippen LogP contribution >= 0.6 is 0 Å². The van der Waals surface area contributed by atoms with Crippen LogP contribution in [0, 0.1) is 0 Å². The average Bonchev–Trinajstić information content (AvgIpc) is 2.88. The molecule has 5 heteroatoms. The van der Waals surface area contributed by atoms with Crippen LogP contribution in [-0.2, 0) is 13.0 Å². The molecule has 0 bridgehead atoms. The van der Waals surface area contributed by atoms with Crippen LogP contribution in [0.2, 0.25) is 0 Å². The third kappa shape index (κ3) is 4.05. The smallest absolute Gasteiger partial charge is 0.321 e. The quantitative estimate of drug-likeness (QED) is 0.913. The van der Waals surface area contributed by atoms with E-state index in [1.165, 1.54) is 10.5 Å². The summed E-state index contributed by atoms with van der Waals surface area (Å²) >= 11 is 0. The summed E-state index contributed by atoms with van der Waals surface area (Å²) in [5, 5.41) is 2.80. The normalized spacial score (nSPS) is 14.4. The van der Waals surface area contributed by atoms with E-state index in [-0.39, 0.29) is 11.6 Å². The van der Waals surface area contributed by atoms with Crippen LogP contribution in [0.25, 0.3) is 0 Å². The van der Waals surface area contributed by atoms with Crippen molar-refractivity contribution in [1.29, 1.82) is 0 Å². The van der Waals surface area contributed by atoms with E-state index >= 15 is 0 Å². The van der Waals surface area contributed by atoms with Gasteiger partial charge in [0.2, 0.25) is 0 Å². The summed E-state index contributed by atoms with van der Waals surface area (Å²) in [7, 11) is 3.41. The molecule has 2 amide bonds. The minimum Gasteiger partial charge on any atom is -0.489 e. The topological polar surface area (TPSA) is 50.8 Å². The van der Waals surface area contributed by atoms with Gasteiger partial charge >= 0.3 is 6.03 Å². The van der Waals surface area contributed by atoms with E-state index in [9.17, 15) is 4.79 Å². The number of ether oxygens (including phenoxy) is 2. The SMILES string of the molecule is CN(C)C(=O)Nc1ccc(OCc2cccc3c2OC(C)(C)C3)cc1. The van der Waals surface area contributed by atoms with Crippen LogP contribution in [0.1, 0.15) is 25.0 Å². The molecule has 0 saturated carbocycles. The number of para-hydroxylation sites is 1. The summed E-state index contributed by atoms with van der Waals surface area (Å²) in [6, 6.07) is 13.4. The highest BCUT2D eigenvalue weighted by Crippen LogP contribution is 2.37. The molecule has 1 N–H and O–H groups in total. The molecule has 0 aromatic heterocycles. The summed E-state index contributed by atoms with van der Waals surface area (Å²) in [5.41, 5.74) is 2.85. The number of hydrogen-bond acceptors (Lipinski definition) is 3. The molecule has 2 aromatic carbocycles. The molecule has 0 spiro atoms. The number of hydrogen-bond donors (Lipinski definition) is 1. The number of benzene rings is 2. The Morgan fingerprint density at radius 1 is 1.20 bits per heavy atom. The van der Waals surface area contributed by atoms with Crippen molar-refractivity contribution < 1.29 is 14.3 Å². The fourth-order valence-corrected chi connectivity index (χ4v) is 2.82. The molecule has 5 nitrogen and oxygen atoms in total. The van der Waals surface area contributed by atoms with Crippen LogP contribution in [0.3, 0.4) is 0 Å². The van der Waals surface area contributed by atoms with Gasteiger partial charge in [0.15, 0.2) is 0 Å². The van der Waals surface area contributed by atoms with Gasteiger partial charge in [-0.2, -0.15) is 0 Å². The molecule has 0 atom stereocenters. The van der Waals surface area contributed by atoms with Crippen molar-refractivity contribution in [3.63, 3.8) is 0 Å². The number of amides is 2. The zero-order chi connectivity index (χ0) is 18.0. The second kappa shape index (κ2) is 6.67. The van der Waals surface area contributed by atoms with Crippen molar-refractivity contribution in [2.75, 3.05) is 19.4 Å². The van der Waals surface area contributed by atoms with Gasteiger partial charge in [0.05, 0.1) is 0 Å². The number of anilines is 1. The zero-order valence-electron chi connectivity index (χ0n) is 15.1. The van der Waals surface area contributed by atoms with E-state index in [0.29, 0.717) is 6.61 Å². The van der Waals surface area contributed by atoms with Crippen LogP contribution in [0.4, 0.5) is 10.5 Å². The number of nitrogens with zero attached hydrogens (tertiary/aromatic N) is 1. The Hall–Kier alpha value is -2.69. The highest BCUT2D eigenvalue weighted by Gasteiger charge is 2.31. The maximum atomic E-state index is 11.6. The Balaban J connectivity index is 1.64. The van der Waals surface area contributed by atoms with Gasteiger partial charge in [0.25, 0.3) is 0 Å². The summed E-state index contributed by atoms with van der Waals surface area (Å²) in [5.74, 6) is 1.69. The highest BCUT2D eigenvalue weighted by molar-refractivity contribution is 5.88. The maximum absolute atomic E-state index is 11.6. The first-order valence-electron chi connectivity index (χ1n) is 8.35. The first-order chi connectivity index (χ1) is 11.8.